The standard InChI is InChI=1S/C17H30N2/c1-15(2)19(12-8-11-17(3,4)14-18)13-16-9-6-5-7-10-16/h5-7,9-10,15H,8,11-14,18H2,1-4H3. The zero-order valence-electron chi connectivity index (χ0n) is 13.0. The van der Waals surface area contributed by atoms with Crippen molar-refractivity contribution in [2.24, 2.45) is 11.1 Å². The van der Waals surface area contributed by atoms with Gasteiger partial charge >= 0.3 is 0 Å². The third-order valence-corrected chi connectivity index (χ3v) is 3.81. The summed E-state index contributed by atoms with van der Waals surface area (Å²) in [5.41, 5.74) is 7.46. The highest BCUT2D eigenvalue weighted by atomic mass is 15.1. The normalized spacial score (nSPS) is 12.4. The molecule has 0 aliphatic carbocycles. The Morgan fingerprint density at radius 1 is 1.16 bits per heavy atom. The van der Waals surface area contributed by atoms with Crippen molar-refractivity contribution < 1.29 is 0 Å². The number of hydrogen-bond acceptors (Lipinski definition) is 2. The van der Waals surface area contributed by atoms with Crippen LogP contribution in [0.15, 0.2) is 30.3 Å². The molecule has 0 atom stereocenters. The predicted molar refractivity (Wildman–Crippen MR) is 84.1 cm³/mol. The molecule has 0 aromatic heterocycles. The van der Waals surface area contributed by atoms with Gasteiger partial charge in [-0.2, -0.15) is 0 Å². The lowest BCUT2D eigenvalue weighted by molar-refractivity contribution is 0.195. The summed E-state index contributed by atoms with van der Waals surface area (Å²) in [6.45, 7) is 12.0. The molecule has 0 heterocycles. The quantitative estimate of drug-likeness (QED) is 0.774. The fraction of sp³-hybridized carbons (Fsp3) is 0.647. The second-order valence-corrected chi connectivity index (χ2v) is 6.52. The zero-order valence-corrected chi connectivity index (χ0v) is 13.0. The van der Waals surface area contributed by atoms with Crippen LogP contribution in [0.5, 0.6) is 0 Å². The van der Waals surface area contributed by atoms with Crippen molar-refractivity contribution >= 4 is 0 Å². The van der Waals surface area contributed by atoms with Gasteiger partial charge in [0.15, 0.2) is 0 Å². The second-order valence-electron chi connectivity index (χ2n) is 6.52. The predicted octanol–water partition coefficient (Wildman–Crippen LogP) is 3.66. The summed E-state index contributed by atoms with van der Waals surface area (Å²) in [5, 5.41) is 0. The van der Waals surface area contributed by atoms with Crippen LogP contribution in [0.4, 0.5) is 0 Å². The van der Waals surface area contributed by atoms with Crippen LogP contribution in [0, 0.1) is 5.41 Å². The first-order valence-corrected chi connectivity index (χ1v) is 7.42. The molecule has 108 valence electrons. The minimum absolute atomic E-state index is 0.273. The van der Waals surface area contributed by atoms with Crippen LogP contribution in [-0.4, -0.2) is 24.0 Å². The van der Waals surface area contributed by atoms with Crippen molar-refractivity contribution in [3.8, 4) is 0 Å². The van der Waals surface area contributed by atoms with Gasteiger partial charge in [0.05, 0.1) is 0 Å². The average Bonchev–Trinajstić information content (AvgIpc) is 2.38. The first kappa shape index (κ1) is 16.2. The van der Waals surface area contributed by atoms with Gasteiger partial charge in [0.25, 0.3) is 0 Å². The van der Waals surface area contributed by atoms with Crippen molar-refractivity contribution in [2.45, 2.75) is 53.1 Å². The van der Waals surface area contributed by atoms with E-state index in [4.69, 9.17) is 5.73 Å². The molecule has 1 aromatic rings. The number of nitrogens with two attached hydrogens (primary N) is 1. The lowest BCUT2D eigenvalue weighted by atomic mass is 9.88. The Balaban J connectivity index is 2.46. The summed E-state index contributed by atoms with van der Waals surface area (Å²) in [7, 11) is 0. The van der Waals surface area contributed by atoms with Gasteiger partial charge in [0, 0.05) is 12.6 Å². The van der Waals surface area contributed by atoms with E-state index < -0.39 is 0 Å². The molecule has 2 nitrogen and oxygen atoms in total. The molecular formula is C17H30N2. The van der Waals surface area contributed by atoms with E-state index in [9.17, 15) is 0 Å². The monoisotopic (exact) mass is 262 g/mol. The number of hydrogen-bond donors (Lipinski definition) is 1. The van der Waals surface area contributed by atoms with E-state index in [0.29, 0.717) is 6.04 Å². The van der Waals surface area contributed by atoms with Crippen LogP contribution in [0.1, 0.15) is 46.1 Å². The van der Waals surface area contributed by atoms with E-state index in [1.54, 1.807) is 0 Å². The maximum absolute atomic E-state index is 5.79. The molecule has 0 aliphatic rings. The van der Waals surface area contributed by atoms with E-state index in [1.807, 2.05) is 0 Å². The highest BCUT2D eigenvalue weighted by Gasteiger charge is 2.16. The van der Waals surface area contributed by atoms with Crippen molar-refractivity contribution in [1.29, 1.82) is 0 Å². The van der Waals surface area contributed by atoms with Gasteiger partial charge in [0.1, 0.15) is 0 Å². The Kier molecular flexibility index (Phi) is 6.53. The van der Waals surface area contributed by atoms with Crippen molar-refractivity contribution in [3.05, 3.63) is 35.9 Å². The SMILES string of the molecule is CC(C)N(CCCC(C)(C)CN)Cc1ccccc1. The third-order valence-electron chi connectivity index (χ3n) is 3.81. The molecule has 0 amide bonds. The first-order valence-electron chi connectivity index (χ1n) is 7.42. The van der Waals surface area contributed by atoms with E-state index in [2.05, 4.69) is 62.9 Å². The summed E-state index contributed by atoms with van der Waals surface area (Å²) >= 11 is 0. The van der Waals surface area contributed by atoms with Crippen LogP contribution in [0.25, 0.3) is 0 Å². The minimum Gasteiger partial charge on any atom is -0.330 e. The first-order chi connectivity index (χ1) is 8.94. The molecule has 19 heavy (non-hydrogen) atoms. The van der Waals surface area contributed by atoms with Gasteiger partial charge < -0.3 is 5.73 Å². The molecule has 0 spiro atoms. The summed E-state index contributed by atoms with van der Waals surface area (Å²) < 4.78 is 0. The Morgan fingerprint density at radius 2 is 1.79 bits per heavy atom. The maximum Gasteiger partial charge on any atom is 0.0236 e. The lowest BCUT2D eigenvalue weighted by Gasteiger charge is -2.29. The molecule has 1 aromatic carbocycles. The molecule has 0 fully saturated rings. The molecule has 0 saturated carbocycles. The summed E-state index contributed by atoms with van der Waals surface area (Å²) in [6, 6.07) is 11.3. The molecular weight excluding hydrogens is 232 g/mol. The van der Waals surface area contributed by atoms with Crippen LogP contribution in [-0.2, 0) is 6.54 Å². The molecule has 0 unspecified atom stereocenters. The lowest BCUT2D eigenvalue weighted by Crippen LogP contribution is -2.32. The van der Waals surface area contributed by atoms with Crippen molar-refractivity contribution in [3.63, 3.8) is 0 Å². The van der Waals surface area contributed by atoms with Gasteiger partial charge in [-0.05, 0) is 50.8 Å². The van der Waals surface area contributed by atoms with E-state index in [-0.39, 0.29) is 5.41 Å². The van der Waals surface area contributed by atoms with Crippen LogP contribution in [0.2, 0.25) is 0 Å². The largest absolute Gasteiger partial charge is 0.330 e. The summed E-state index contributed by atoms with van der Waals surface area (Å²) in [6.07, 6.45) is 2.41. The van der Waals surface area contributed by atoms with Gasteiger partial charge in [-0.25, -0.2) is 0 Å². The Bertz CT molecular complexity index is 344. The van der Waals surface area contributed by atoms with Crippen LogP contribution < -0.4 is 5.73 Å². The van der Waals surface area contributed by atoms with Crippen LogP contribution in [0.3, 0.4) is 0 Å². The van der Waals surface area contributed by atoms with E-state index in [0.717, 1.165) is 19.6 Å². The third kappa shape index (κ3) is 6.22. The van der Waals surface area contributed by atoms with E-state index in [1.165, 1.54) is 18.4 Å². The molecule has 0 saturated heterocycles. The Hall–Kier alpha value is -0.860. The Morgan fingerprint density at radius 3 is 2.32 bits per heavy atom. The second kappa shape index (κ2) is 7.66. The molecule has 0 radical (unpaired) electrons. The van der Waals surface area contributed by atoms with Crippen LogP contribution >= 0.6 is 0 Å². The molecule has 1 rings (SSSR count). The van der Waals surface area contributed by atoms with Gasteiger partial charge in [-0.15, -0.1) is 0 Å². The van der Waals surface area contributed by atoms with Gasteiger partial charge in [-0.1, -0.05) is 44.2 Å². The van der Waals surface area contributed by atoms with E-state index >= 15 is 0 Å². The number of rotatable bonds is 8. The topological polar surface area (TPSA) is 29.3 Å². The average molecular weight is 262 g/mol. The fourth-order valence-corrected chi connectivity index (χ4v) is 2.20. The smallest absolute Gasteiger partial charge is 0.0236 e. The highest BCUT2D eigenvalue weighted by Crippen LogP contribution is 2.21. The molecule has 2 heteroatoms. The number of nitrogens with zero attached hydrogens (tertiary/aromatic N) is 1. The highest BCUT2D eigenvalue weighted by molar-refractivity contribution is 5.14. The van der Waals surface area contributed by atoms with Crippen molar-refractivity contribution in [1.82, 2.24) is 4.90 Å². The summed E-state index contributed by atoms with van der Waals surface area (Å²) in [4.78, 5) is 2.54. The maximum atomic E-state index is 5.79. The van der Waals surface area contributed by atoms with Crippen molar-refractivity contribution in [2.75, 3.05) is 13.1 Å². The minimum atomic E-state index is 0.273. The van der Waals surface area contributed by atoms with Gasteiger partial charge in [0.2, 0.25) is 0 Å². The molecule has 0 aliphatic heterocycles. The fourth-order valence-electron chi connectivity index (χ4n) is 2.20. The molecule has 0 bridgehead atoms. The Labute approximate surface area is 119 Å². The number of benzene rings is 1. The zero-order chi connectivity index (χ0) is 14.3. The summed E-state index contributed by atoms with van der Waals surface area (Å²) in [5.74, 6) is 0. The molecule has 2 N–H and O–H groups in total. The van der Waals surface area contributed by atoms with Gasteiger partial charge in [-0.3, -0.25) is 4.90 Å².